The van der Waals surface area contributed by atoms with Gasteiger partial charge < -0.3 is 14.2 Å². The molecule has 0 spiro atoms. The summed E-state index contributed by atoms with van der Waals surface area (Å²) in [6.45, 7) is 5.84. The van der Waals surface area contributed by atoms with Crippen molar-refractivity contribution in [2.24, 2.45) is 0 Å². The van der Waals surface area contributed by atoms with Gasteiger partial charge in [-0.05, 0) is 97.2 Å². The monoisotopic (exact) mass is 658 g/mol. The van der Waals surface area contributed by atoms with Crippen molar-refractivity contribution >= 4 is 56.9 Å². The van der Waals surface area contributed by atoms with Gasteiger partial charge in [0, 0.05) is 61.3 Å². The number of carbonyl (C=O) groups excluding carboxylic acids is 2. The number of thiophene rings is 1. The summed E-state index contributed by atoms with van der Waals surface area (Å²) < 4.78 is 24.6. The summed E-state index contributed by atoms with van der Waals surface area (Å²) in [6.07, 6.45) is 8.08. The molecule has 46 heavy (non-hydrogen) atoms. The molecule has 1 aliphatic heterocycles. The van der Waals surface area contributed by atoms with Gasteiger partial charge in [0.05, 0.1) is 17.7 Å². The van der Waals surface area contributed by atoms with Crippen molar-refractivity contribution in [3.8, 4) is 17.0 Å². The fourth-order valence-electron chi connectivity index (χ4n) is 6.96. The molecule has 2 aliphatic rings. The Balaban J connectivity index is 1.59. The highest BCUT2D eigenvalue weighted by molar-refractivity contribution is 7.81. The Bertz CT molecular complexity index is 1840. The van der Waals surface area contributed by atoms with Crippen LogP contribution in [0.1, 0.15) is 88.6 Å². The summed E-state index contributed by atoms with van der Waals surface area (Å²) in [5.74, 6) is 0.823. The number of ether oxygens (including phenoxy) is 1. The van der Waals surface area contributed by atoms with Gasteiger partial charge in [-0.2, -0.15) is 0 Å². The van der Waals surface area contributed by atoms with E-state index in [9.17, 15) is 13.8 Å². The van der Waals surface area contributed by atoms with Crippen molar-refractivity contribution < 1.29 is 18.5 Å². The molecule has 242 valence electrons. The Kier molecular flexibility index (Phi) is 9.49. The van der Waals surface area contributed by atoms with Gasteiger partial charge in [-0.1, -0.05) is 25.3 Å². The van der Waals surface area contributed by atoms with Gasteiger partial charge in [0.1, 0.15) is 5.75 Å². The van der Waals surface area contributed by atoms with Gasteiger partial charge >= 0.3 is 0 Å². The first-order chi connectivity index (χ1) is 22.2. The van der Waals surface area contributed by atoms with E-state index in [4.69, 9.17) is 4.74 Å². The zero-order valence-electron chi connectivity index (χ0n) is 27.2. The van der Waals surface area contributed by atoms with E-state index < -0.39 is 11.2 Å². The molecule has 0 bridgehead atoms. The Morgan fingerprint density at radius 1 is 1.02 bits per heavy atom. The molecule has 10 heteroatoms. The summed E-state index contributed by atoms with van der Waals surface area (Å²) in [6, 6.07) is 14.2. The highest BCUT2D eigenvalue weighted by Crippen LogP contribution is 2.48. The lowest BCUT2D eigenvalue weighted by Crippen LogP contribution is -2.34. The van der Waals surface area contributed by atoms with E-state index >= 15 is 0 Å². The molecule has 8 nitrogen and oxygen atoms in total. The van der Waals surface area contributed by atoms with E-state index in [2.05, 4.69) is 39.6 Å². The second kappa shape index (κ2) is 13.6. The van der Waals surface area contributed by atoms with Crippen molar-refractivity contribution in [3.05, 3.63) is 75.0 Å². The molecule has 1 aliphatic carbocycles. The van der Waals surface area contributed by atoms with E-state index in [1.54, 1.807) is 21.2 Å². The van der Waals surface area contributed by atoms with Crippen molar-refractivity contribution in [2.45, 2.75) is 58.4 Å². The number of benzene rings is 2. The maximum absolute atomic E-state index is 13.7. The zero-order valence-corrected chi connectivity index (χ0v) is 28.9. The molecule has 6 rings (SSSR count). The second-order valence-electron chi connectivity index (χ2n) is 12.2. The molecule has 4 aromatic rings. The minimum absolute atomic E-state index is 0.0411. The van der Waals surface area contributed by atoms with E-state index in [-0.39, 0.29) is 11.8 Å². The van der Waals surface area contributed by atoms with Crippen molar-refractivity contribution in [2.75, 3.05) is 34.3 Å². The topological polar surface area (TPSA) is 83.9 Å². The molecule has 1 atom stereocenters. The first kappa shape index (κ1) is 32.2. The van der Waals surface area contributed by atoms with Crippen LogP contribution in [0.5, 0.6) is 5.75 Å². The molecule has 2 aromatic heterocycles. The lowest BCUT2D eigenvalue weighted by Gasteiger charge is -2.24. The molecule has 1 N–H and O–H groups in total. The van der Waals surface area contributed by atoms with Crippen LogP contribution < -0.4 is 9.46 Å². The number of methoxy groups -OCH3 is 1. The van der Waals surface area contributed by atoms with Gasteiger partial charge in [-0.3, -0.25) is 14.3 Å². The Labute approximate surface area is 277 Å². The fraction of sp³-hybridized carbons (Fsp3) is 0.389. The molecule has 1 saturated carbocycles. The third kappa shape index (κ3) is 5.94. The molecule has 2 amide bonds. The van der Waals surface area contributed by atoms with Gasteiger partial charge in [-0.15, -0.1) is 11.3 Å². The second-order valence-corrected chi connectivity index (χ2v) is 14.5. The first-order valence-corrected chi connectivity index (χ1v) is 18.1. The third-order valence-electron chi connectivity index (χ3n) is 9.32. The highest BCUT2D eigenvalue weighted by Gasteiger charge is 2.31. The normalized spacial score (nSPS) is 15.6. The summed E-state index contributed by atoms with van der Waals surface area (Å²) in [7, 11) is 5.00. The van der Waals surface area contributed by atoms with Crippen LogP contribution in [0, 0.1) is 0 Å². The number of nitrogens with zero attached hydrogens (tertiary/aromatic N) is 3. The van der Waals surface area contributed by atoms with E-state index in [1.807, 2.05) is 42.3 Å². The van der Waals surface area contributed by atoms with Crippen molar-refractivity contribution in [1.29, 1.82) is 0 Å². The largest absolute Gasteiger partial charge is 0.497 e. The fourth-order valence-corrected chi connectivity index (χ4v) is 8.31. The maximum Gasteiger partial charge on any atom is 0.264 e. The van der Waals surface area contributed by atoms with Gasteiger partial charge in [0.25, 0.3) is 11.8 Å². The third-order valence-corrected chi connectivity index (χ3v) is 11.2. The molecule has 0 radical (unpaired) electrons. The highest BCUT2D eigenvalue weighted by atomic mass is 32.2. The van der Waals surface area contributed by atoms with Crippen LogP contribution >= 0.6 is 11.3 Å². The Hall–Kier alpha value is -3.73. The predicted octanol–water partition coefficient (Wildman–Crippen LogP) is 7.33. The van der Waals surface area contributed by atoms with E-state index in [0.717, 1.165) is 62.3 Å². The molecule has 2 aromatic carbocycles. The SMILES string of the molecule is CCN(CC)C(=O)c1sccc1C1=Cc2cc(OC)ccc2-c2c(C3CCCCC3)c3ccc(C(=O)NS(=O)N(C)C)cc3n2C1. The lowest BCUT2D eigenvalue weighted by atomic mass is 9.81. The summed E-state index contributed by atoms with van der Waals surface area (Å²) in [4.78, 5) is 29.6. The standard InChI is InChI=1S/C36H42N4O4S2/c1-6-39(7-2)36(42)34-29(17-18-45-34)26-19-25-20-27(44-5)14-16-28(25)33-32(23-11-9-8-10-12-23)30-15-13-24(21-31(30)40(33)22-26)35(41)37-46(43)38(3)4/h13-21,23H,6-12,22H2,1-5H3,(H,37,41). The minimum Gasteiger partial charge on any atom is -0.497 e. The van der Waals surface area contributed by atoms with Crippen LogP contribution in [0.4, 0.5) is 0 Å². The smallest absolute Gasteiger partial charge is 0.264 e. The average Bonchev–Trinajstić information content (AvgIpc) is 3.64. The Morgan fingerprint density at radius 3 is 2.48 bits per heavy atom. The van der Waals surface area contributed by atoms with Gasteiger partial charge in [0.15, 0.2) is 11.2 Å². The number of rotatable bonds is 9. The van der Waals surface area contributed by atoms with Crippen LogP contribution in [0.25, 0.3) is 33.8 Å². The lowest BCUT2D eigenvalue weighted by molar-refractivity contribution is 0.0777. The number of fused-ring (bicyclic) bond motifs is 5. The molecule has 3 heterocycles. The van der Waals surface area contributed by atoms with Crippen molar-refractivity contribution in [1.82, 2.24) is 18.5 Å². The van der Waals surface area contributed by atoms with Crippen molar-refractivity contribution in [3.63, 3.8) is 0 Å². The maximum atomic E-state index is 13.7. The van der Waals surface area contributed by atoms with Crippen LogP contribution in [-0.2, 0) is 17.7 Å². The first-order valence-electron chi connectivity index (χ1n) is 16.1. The summed E-state index contributed by atoms with van der Waals surface area (Å²) in [5.41, 5.74) is 8.01. The molecular weight excluding hydrogens is 617 g/mol. The molecule has 0 saturated heterocycles. The number of hydrogen-bond acceptors (Lipinski definition) is 5. The number of aromatic nitrogens is 1. The van der Waals surface area contributed by atoms with Crippen LogP contribution in [0.15, 0.2) is 47.8 Å². The summed E-state index contributed by atoms with van der Waals surface area (Å²) >= 11 is -0.159. The quantitative estimate of drug-likeness (QED) is 0.204. The number of carbonyl (C=O) groups is 2. The molecular formula is C36H42N4O4S2. The predicted molar refractivity (Wildman–Crippen MR) is 188 cm³/mol. The number of hydrogen-bond donors (Lipinski definition) is 1. The summed E-state index contributed by atoms with van der Waals surface area (Å²) in [5, 5.41) is 3.14. The van der Waals surface area contributed by atoms with Gasteiger partial charge in [0.2, 0.25) is 0 Å². The number of nitrogens with one attached hydrogen (secondary N) is 1. The van der Waals surface area contributed by atoms with E-state index in [1.165, 1.54) is 40.5 Å². The molecule has 1 unspecified atom stereocenters. The minimum atomic E-state index is -1.64. The van der Waals surface area contributed by atoms with Crippen LogP contribution in [-0.4, -0.2) is 64.1 Å². The van der Waals surface area contributed by atoms with Gasteiger partial charge in [-0.25, -0.2) is 8.51 Å². The molecule has 1 fully saturated rings. The van der Waals surface area contributed by atoms with Crippen LogP contribution in [0.2, 0.25) is 0 Å². The zero-order chi connectivity index (χ0) is 32.5. The van der Waals surface area contributed by atoms with Crippen LogP contribution in [0.3, 0.4) is 0 Å². The average molecular weight is 659 g/mol. The number of allylic oxidation sites excluding steroid dienone is 1. The Morgan fingerprint density at radius 2 is 1.78 bits per heavy atom. The van der Waals surface area contributed by atoms with E-state index in [0.29, 0.717) is 31.1 Å². The number of amides is 2.